The third-order valence-electron chi connectivity index (χ3n) is 3.97. The summed E-state index contributed by atoms with van der Waals surface area (Å²) in [6, 6.07) is 5.88. The lowest BCUT2D eigenvalue weighted by Gasteiger charge is -2.20. The number of hydrogen-bond acceptors (Lipinski definition) is 2. The zero-order valence-corrected chi connectivity index (χ0v) is 13.8. The first-order valence-corrected chi connectivity index (χ1v) is 7.93. The molecule has 0 bridgehead atoms. The number of aryl methyl sites for hydroxylation is 3. The first-order valence-electron chi connectivity index (χ1n) is 7.14. The summed E-state index contributed by atoms with van der Waals surface area (Å²) in [7, 11) is 0. The van der Waals surface area contributed by atoms with Crippen molar-refractivity contribution in [2.45, 2.75) is 33.1 Å². The second-order valence-corrected chi connectivity index (χ2v) is 6.49. The van der Waals surface area contributed by atoms with Crippen LogP contribution in [0.3, 0.4) is 0 Å². The smallest absolute Gasteiger partial charge is 0.227 e. The first-order chi connectivity index (χ1) is 10.0. The van der Waals surface area contributed by atoms with Crippen molar-refractivity contribution >= 4 is 27.5 Å². The van der Waals surface area contributed by atoms with E-state index in [1.807, 2.05) is 32.0 Å². The minimum atomic E-state index is 0.0115. The molecule has 0 saturated heterocycles. The van der Waals surface area contributed by atoms with Crippen LogP contribution in [-0.4, -0.2) is 15.9 Å². The highest BCUT2D eigenvalue weighted by atomic mass is 79.9. The summed E-state index contributed by atoms with van der Waals surface area (Å²) in [6.45, 7) is 3.98. The molecule has 5 heteroatoms. The lowest BCUT2D eigenvalue weighted by atomic mass is 9.89. The second kappa shape index (κ2) is 5.64. The molecular formula is C16H18BrN3O. The van der Waals surface area contributed by atoms with Crippen molar-refractivity contribution in [1.29, 1.82) is 0 Å². The van der Waals surface area contributed by atoms with Gasteiger partial charge in [0.05, 0.1) is 5.69 Å². The van der Waals surface area contributed by atoms with Gasteiger partial charge >= 0.3 is 0 Å². The van der Waals surface area contributed by atoms with Gasteiger partial charge in [-0.1, -0.05) is 22.0 Å². The van der Waals surface area contributed by atoms with E-state index in [9.17, 15) is 4.79 Å². The second-order valence-electron chi connectivity index (χ2n) is 5.64. The van der Waals surface area contributed by atoms with Crippen LogP contribution in [0.15, 0.2) is 22.7 Å². The molecule has 0 saturated carbocycles. The quantitative estimate of drug-likeness (QED) is 0.872. The van der Waals surface area contributed by atoms with Gasteiger partial charge in [-0.2, -0.15) is 0 Å². The SMILES string of the molecule is Cc1nc2c([nH]1)CC(C(=O)Nc1ccc(C)c(Br)c1)CC2. The molecule has 1 aliphatic rings. The Balaban J connectivity index is 1.70. The molecule has 1 aliphatic carbocycles. The fraction of sp³-hybridized carbons (Fsp3) is 0.375. The summed E-state index contributed by atoms with van der Waals surface area (Å²) >= 11 is 3.49. The van der Waals surface area contributed by atoms with E-state index in [4.69, 9.17) is 0 Å². The zero-order chi connectivity index (χ0) is 15.0. The number of amides is 1. The molecule has 110 valence electrons. The van der Waals surface area contributed by atoms with Gasteiger partial charge in [0, 0.05) is 28.2 Å². The third kappa shape index (κ3) is 3.02. The highest BCUT2D eigenvalue weighted by molar-refractivity contribution is 9.10. The van der Waals surface area contributed by atoms with E-state index < -0.39 is 0 Å². The highest BCUT2D eigenvalue weighted by Crippen LogP contribution is 2.26. The Morgan fingerprint density at radius 3 is 3.00 bits per heavy atom. The number of H-pyrrole nitrogens is 1. The summed E-state index contributed by atoms with van der Waals surface area (Å²) in [5.41, 5.74) is 4.23. The van der Waals surface area contributed by atoms with Crippen LogP contribution in [0.2, 0.25) is 0 Å². The van der Waals surface area contributed by atoms with Crippen molar-refractivity contribution in [3.63, 3.8) is 0 Å². The molecule has 0 fully saturated rings. The zero-order valence-electron chi connectivity index (χ0n) is 12.2. The van der Waals surface area contributed by atoms with Crippen molar-refractivity contribution < 1.29 is 4.79 Å². The third-order valence-corrected chi connectivity index (χ3v) is 4.83. The van der Waals surface area contributed by atoms with E-state index in [2.05, 4.69) is 31.2 Å². The van der Waals surface area contributed by atoms with Crippen molar-refractivity contribution in [3.8, 4) is 0 Å². The van der Waals surface area contributed by atoms with Gasteiger partial charge in [0.15, 0.2) is 0 Å². The largest absolute Gasteiger partial charge is 0.346 e. The van der Waals surface area contributed by atoms with Gasteiger partial charge in [0.2, 0.25) is 5.91 Å². The maximum Gasteiger partial charge on any atom is 0.227 e. The summed E-state index contributed by atoms with van der Waals surface area (Å²) in [5.74, 6) is 1.03. The maximum absolute atomic E-state index is 12.4. The van der Waals surface area contributed by atoms with Gasteiger partial charge < -0.3 is 10.3 Å². The minimum Gasteiger partial charge on any atom is -0.346 e. The molecule has 1 aromatic carbocycles. The molecule has 1 unspecified atom stereocenters. The number of benzene rings is 1. The Morgan fingerprint density at radius 2 is 2.24 bits per heavy atom. The lowest BCUT2D eigenvalue weighted by Crippen LogP contribution is -2.28. The fourth-order valence-electron chi connectivity index (χ4n) is 2.76. The summed E-state index contributed by atoms with van der Waals surface area (Å²) in [6.07, 6.45) is 2.47. The molecule has 1 atom stereocenters. The van der Waals surface area contributed by atoms with Crippen molar-refractivity contribution in [1.82, 2.24) is 9.97 Å². The Bertz CT molecular complexity index is 693. The molecule has 0 spiro atoms. The van der Waals surface area contributed by atoms with Crippen LogP contribution in [0.5, 0.6) is 0 Å². The lowest BCUT2D eigenvalue weighted by molar-refractivity contribution is -0.120. The Morgan fingerprint density at radius 1 is 1.43 bits per heavy atom. The molecule has 1 amide bonds. The van der Waals surface area contributed by atoms with Crippen LogP contribution >= 0.6 is 15.9 Å². The number of fused-ring (bicyclic) bond motifs is 1. The molecule has 3 rings (SSSR count). The van der Waals surface area contributed by atoms with E-state index in [-0.39, 0.29) is 11.8 Å². The molecular weight excluding hydrogens is 330 g/mol. The molecule has 1 aromatic heterocycles. The fourth-order valence-corrected chi connectivity index (χ4v) is 3.14. The van der Waals surface area contributed by atoms with Gasteiger partial charge in [-0.3, -0.25) is 4.79 Å². The molecule has 21 heavy (non-hydrogen) atoms. The first kappa shape index (κ1) is 14.3. The maximum atomic E-state index is 12.4. The van der Waals surface area contributed by atoms with Crippen LogP contribution in [0, 0.1) is 19.8 Å². The van der Waals surface area contributed by atoms with E-state index in [0.29, 0.717) is 0 Å². The number of nitrogens with zero attached hydrogens (tertiary/aromatic N) is 1. The van der Waals surface area contributed by atoms with Crippen molar-refractivity contribution in [3.05, 3.63) is 45.4 Å². The topological polar surface area (TPSA) is 57.8 Å². The van der Waals surface area contributed by atoms with Gasteiger partial charge in [-0.15, -0.1) is 0 Å². The van der Waals surface area contributed by atoms with Crippen LogP contribution in [-0.2, 0) is 17.6 Å². The molecule has 0 aliphatic heterocycles. The Hall–Kier alpha value is -1.62. The van der Waals surface area contributed by atoms with Crippen molar-refractivity contribution in [2.75, 3.05) is 5.32 Å². The monoisotopic (exact) mass is 347 g/mol. The number of aromatic nitrogens is 2. The minimum absolute atomic E-state index is 0.0115. The molecule has 0 radical (unpaired) electrons. The van der Waals surface area contributed by atoms with Crippen LogP contribution in [0.25, 0.3) is 0 Å². The van der Waals surface area contributed by atoms with E-state index in [1.54, 1.807) is 0 Å². The molecule has 1 heterocycles. The average Bonchev–Trinajstić information content (AvgIpc) is 2.82. The van der Waals surface area contributed by atoms with Gasteiger partial charge in [0.25, 0.3) is 0 Å². The molecule has 4 nitrogen and oxygen atoms in total. The van der Waals surface area contributed by atoms with Crippen molar-refractivity contribution in [2.24, 2.45) is 5.92 Å². The van der Waals surface area contributed by atoms with Gasteiger partial charge in [-0.05, 0) is 44.4 Å². The number of imidazole rings is 1. The number of aromatic amines is 1. The van der Waals surface area contributed by atoms with Crippen LogP contribution in [0.1, 0.15) is 29.2 Å². The molecule has 2 aromatic rings. The van der Waals surface area contributed by atoms with Crippen LogP contribution in [0.4, 0.5) is 5.69 Å². The van der Waals surface area contributed by atoms with Gasteiger partial charge in [0.1, 0.15) is 5.82 Å². The van der Waals surface area contributed by atoms with E-state index in [1.165, 1.54) is 0 Å². The predicted octanol–water partition coefficient (Wildman–Crippen LogP) is 3.53. The number of nitrogens with one attached hydrogen (secondary N) is 2. The van der Waals surface area contributed by atoms with Gasteiger partial charge in [-0.25, -0.2) is 4.98 Å². The summed E-state index contributed by atoms with van der Waals surface area (Å²) < 4.78 is 1.01. The number of carbonyl (C=O) groups excluding carboxylic acids is 1. The number of hydrogen-bond donors (Lipinski definition) is 2. The van der Waals surface area contributed by atoms with E-state index >= 15 is 0 Å². The van der Waals surface area contributed by atoms with Crippen LogP contribution < -0.4 is 5.32 Å². The average molecular weight is 348 g/mol. The standard InChI is InChI=1S/C16H18BrN3O/c1-9-3-5-12(8-13(9)17)20-16(21)11-4-6-14-15(7-11)19-10(2)18-14/h3,5,8,11H,4,6-7H2,1-2H3,(H,18,19)(H,20,21). The van der Waals surface area contributed by atoms with E-state index in [0.717, 1.165) is 52.2 Å². The number of rotatable bonds is 2. The summed E-state index contributed by atoms with van der Waals surface area (Å²) in [5, 5.41) is 3.01. The normalized spacial score (nSPS) is 17.4. The number of carbonyl (C=O) groups is 1. The summed E-state index contributed by atoms with van der Waals surface area (Å²) in [4.78, 5) is 20.1. The molecule has 2 N–H and O–H groups in total. The number of anilines is 1. The number of halogens is 1. The Kier molecular flexibility index (Phi) is 3.85. The Labute approximate surface area is 132 Å². The predicted molar refractivity (Wildman–Crippen MR) is 86.3 cm³/mol. The highest BCUT2D eigenvalue weighted by Gasteiger charge is 2.26.